The van der Waals surface area contributed by atoms with Gasteiger partial charge in [-0.2, -0.15) is 0 Å². The second kappa shape index (κ2) is 13.0. The Morgan fingerprint density at radius 3 is 2.53 bits per heavy atom. The Labute approximate surface area is 216 Å². The number of amides is 3. The fourth-order valence-corrected chi connectivity index (χ4v) is 5.48. The molecule has 0 bridgehead atoms. The average Bonchev–Trinajstić information content (AvgIpc) is 3.58. The first kappa shape index (κ1) is 26.3. The van der Waals surface area contributed by atoms with Crippen molar-refractivity contribution >= 4 is 34.2 Å². The molecule has 2 atom stereocenters. The summed E-state index contributed by atoms with van der Waals surface area (Å²) in [7, 11) is 0. The van der Waals surface area contributed by atoms with Crippen molar-refractivity contribution in [3.05, 3.63) is 47.0 Å². The number of rotatable bonds is 10. The maximum absolute atomic E-state index is 13.7. The molecule has 0 radical (unpaired) electrons. The number of thiazole rings is 1. The number of nitrogens with one attached hydrogen (secondary N) is 2. The molecule has 2 unspecified atom stereocenters. The summed E-state index contributed by atoms with van der Waals surface area (Å²) in [6.45, 7) is 2.98. The van der Waals surface area contributed by atoms with E-state index < -0.39 is 6.04 Å². The van der Waals surface area contributed by atoms with E-state index in [-0.39, 0.29) is 42.7 Å². The van der Waals surface area contributed by atoms with Crippen LogP contribution >= 0.6 is 11.3 Å². The van der Waals surface area contributed by atoms with Crippen LogP contribution in [0.4, 0.5) is 5.13 Å². The molecule has 2 aliphatic rings. The Morgan fingerprint density at radius 1 is 1.08 bits per heavy atom. The summed E-state index contributed by atoms with van der Waals surface area (Å²) < 4.78 is 5.85. The minimum atomic E-state index is -0.772. The van der Waals surface area contributed by atoms with E-state index in [4.69, 9.17) is 4.74 Å². The topological polar surface area (TPSA) is 101 Å². The molecule has 2 fully saturated rings. The second-order valence-corrected chi connectivity index (χ2v) is 10.6. The lowest BCUT2D eigenvalue weighted by atomic mass is 9.94. The average molecular weight is 513 g/mol. The zero-order chi connectivity index (χ0) is 25.3. The van der Waals surface area contributed by atoms with Gasteiger partial charge in [0.1, 0.15) is 6.04 Å². The van der Waals surface area contributed by atoms with Gasteiger partial charge in [-0.05, 0) is 38.2 Å². The third-order valence-corrected chi connectivity index (χ3v) is 7.58. The molecule has 1 aromatic heterocycles. The van der Waals surface area contributed by atoms with E-state index >= 15 is 0 Å². The quantitative estimate of drug-likeness (QED) is 0.492. The summed E-state index contributed by atoms with van der Waals surface area (Å²) in [6.07, 6.45) is 8.63. The predicted molar refractivity (Wildman–Crippen MR) is 140 cm³/mol. The van der Waals surface area contributed by atoms with Crippen molar-refractivity contribution in [3.63, 3.8) is 0 Å². The smallest absolute Gasteiger partial charge is 0.247 e. The van der Waals surface area contributed by atoms with Crippen LogP contribution in [-0.4, -0.2) is 52.9 Å². The van der Waals surface area contributed by atoms with Crippen molar-refractivity contribution in [2.75, 3.05) is 18.5 Å². The number of ether oxygens (including phenoxy) is 1. The SMILES string of the molecule is Cc1ccc(C(C(=O)NC2CCCCC2)N(CC2CCCO2)C(=O)CCC(=O)Nc2nccs2)cc1. The molecule has 1 aromatic carbocycles. The summed E-state index contributed by atoms with van der Waals surface area (Å²) in [5.41, 5.74) is 1.86. The van der Waals surface area contributed by atoms with Gasteiger partial charge in [-0.1, -0.05) is 49.1 Å². The van der Waals surface area contributed by atoms with Crippen LogP contribution in [0.1, 0.15) is 75.0 Å². The molecule has 0 spiro atoms. The normalized spacial score (nSPS) is 19.0. The Morgan fingerprint density at radius 2 is 1.86 bits per heavy atom. The number of hydrogen-bond acceptors (Lipinski definition) is 6. The van der Waals surface area contributed by atoms with Gasteiger partial charge in [-0.15, -0.1) is 11.3 Å². The van der Waals surface area contributed by atoms with E-state index in [2.05, 4.69) is 15.6 Å². The van der Waals surface area contributed by atoms with Crippen molar-refractivity contribution in [2.45, 2.75) is 82.9 Å². The van der Waals surface area contributed by atoms with Gasteiger partial charge >= 0.3 is 0 Å². The number of anilines is 1. The molecular weight excluding hydrogens is 476 g/mol. The first-order chi connectivity index (χ1) is 17.5. The van der Waals surface area contributed by atoms with Crippen molar-refractivity contribution in [1.82, 2.24) is 15.2 Å². The number of benzene rings is 1. The maximum atomic E-state index is 13.7. The molecule has 2 aromatic rings. The molecule has 8 nitrogen and oxygen atoms in total. The third-order valence-electron chi connectivity index (χ3n) is 6.89. The van der Waals surface area contributed by atoms with Gasteiger partial charge in [-0.3, -0.25) is 14.4 Å². The molecule has 9 heteroatoms. The maximum Gasteiger partial charge on any atom is 0.247 e. The highest BCUT2D eigenvalue weighted by atomic mass is 32.1. The van der Waals surface area contributed by atoms with Crippen molar-refractivity contribution in [1.29, 1.82) is 0 Å². The first-order valence-corrected chi connectivity index (χ1v) is 13.8. The molecule has 2 heterocycles. The number of carbonyl (C=O) groups is 3. The van der Waals surface area contributed by atoms with Crippen molar-refractivity contribution < 1.29 is 19.1 Å². The van der Waals surface area contributed by atoms with Crippen molar-refractivity contribution in [3.8, 4) is 0 Å². The molecule has 1 saturated carbocycles. The predicted octanol–water partition coefficient (Wildman–Crippen LogP) is 4.37. The summed E-state index contributed by atoms with van der Waals surface area (Å²) in [5.74, 6) is -0.664. The van der Waals surface area contributed by atoms with Crippen LogP contribution in [0.5, 0.6) is 0 Å². The molecular formula is C27H36N4O4S. The third kappa shape index (κ3) is 7.36. The minimum Gasteiger partial charge on any atom is -0.376 e. The van der Waals surface area contributed by atoms with Gasteiger partial charge in [0.15, 0.2) is 5.13 Å². The van der Waals surface area contributed by atoms with Crippen LogP contribution in [0.25, 0.3) is 0 Å². The van der Waals surface area contributed by atoms with Gasteiger partial charge < -0.3 is 20.3 Å². The van der Waals surface area contributed by atoms with Crippen molar-refractivity contribution in [2.24, 2.45) is 0 Å². The Kier molecular flexibility index (Phi) is 9.47. The monoisotopic (exact) mass is 512 g/mol. The second-order valence-electron chi connectivity index (χ2n) is 9.72. The zero-order valence-electron chi connectivity index (χ0n) is 20.9. The van der Waals surface area contributed by atoms with E-state index in [1.807, 2.05) is 31.2 Å². The Bertz CT molecular complexity index is 999. The molecule has 4 rings (SSSR count). The standard InChI is InChI=1S/C27H36N4O4S/c1-19-9-11-20(12-10-19)25(26(34)29-21-6-3-2-4-7-21)31(18-22-8-5-16-35-22)24(33)14-13-23(32)30-27-28-15-17-36-27/h9-12,15,17,21-22,25H,2-8,13-14,16,18H2,1H3,(H,29,34)(H,28,30,32). The number of carbonyl (C=O) groups excluding carboxylic acids is 3. The summed E-state index contributed by atoms with van der Waals surface area (Å²) in [4.78, 5) is 45.5. The number of aromatic nitrogens is 1. The Hall–Kier alpha value is -2.78. The van der Waals surface area contributed by atoms with E-state index in [0.717, 1.165) is 49.7 Å². The highest BCUT2D eigenvalue weighted by Gasteiger charge is 2.35. The number of hydrogen-bond donors (Lipinski definition) is 2. The lowest BCUT2D eigenvalue weighted by Gasteiger charge is -2.34. The van der Waals surface area contributed by atoms with Gasteiger partial charge in [0.25, 0.3) is 0 Å². The van der Waals surface area contributed by atoms with E-state index in [1.54, 1.807) is 16.5 Å². The van der Waals surface area contributed by atoms with E-state index in [1.165, 1.54) is 17.8 Å². The number of nitrogens with zero attached hydrogens (tertiary/aromatic N) is 2. The fourth-order valence-electron chi connectivity index (χ4n) is 4.94. The Balaban J connectivity index is 1.53. The van der Waals surface area contributed by atoms with Gasteiger partial charge in [-0.25, -0.2) is 4.98 Å². The van der Waals surface area contributed by atoms with E-state index in [0.29, 0.717) is 18.3 Å². The van der Waals surface area contributed by atoms with Gasteiger partial charge in [0, 0.05) is 43.6 Å². The van der Waals surface area contributed by atoms with E-state index in [9.17, 15) is 14.4 Å². The van der Waals surface area contributed by atoms with Crippen LogP contribution < -0.4 is 10.6 Å². The van der Waals surface area contributed by atoms with Crippen LogP contribution in [-0.2, 0) is 19.1 Å². The molecule has 2 N–H and O–H groups in total. The molecule has 1 aliphatic heterocycles. The van der Waals surface area contributed by atoms with Crippen LogP contribution in [0, 0.1) is 6.92 Å². The van der Waals surface area contributed by atoms with Crippen LogP contribution in [0.3, 0.4) is 0 Å². The minimum absolute atomic E-state index is 0.00297. The first-order valence-electron chi connectivity index (χ1n) is 13.0. The van der Waals surface area contributed by atoms with Crippen LogP contribution in [0.15, 0.2) is 35.8 Å². The molecule has 1 saturated heterocycles. The molecule has 1 aliphatic carbocycles. The van der Waals surface area contributed by atoms with Gasteiger partial charge in [0.2, 0.25) is 17.7 Å². The number of aryl methyl sites for hydroxylation is 1. The summed E-state index contributed by atoms with van der Waals surface area (Å²) in [6, 6.07) is 7.13. The van der Waals surface area contributed by atoms with Gasteiger partial charge in [0.05, 0.1) is 6.10 Å². The largest absolute Gasteiger partial charge is 0.376 e. The van der Waals surface area contributed by atoms with Crippen LogP contribution in [0.2, 0.25) is 0 Å². The lowest BCUT2D eigenvalue weighted by molar-refractivity contribution is -0.143. The lowest BCUT2D eigenvalue weighted by Crippen LogP contribution is -2.49. The molecule has 3 amide bonds. The zero-order valence-corrected chi connectivity index (χ0v) is 21.7. The summed E-state index contributed by atoms with van der Waals surface area (Å²) in [5, 5.41) is 8.24. The molecule has 36 heavy (non-hydrogen) atoms. The summed E-state index contributed by atoms with van der Waals surface area (Å²) >= 11 is 1.33. The molecule has 194 valence electrons. The highest BCUT2D eigenvalue weighted by Crippen LogP contribution is 2.27. The highest BCUT2D eigenvalue weighted by molar-refractivity contribution is 7.13. The fraction of sp³-hybridized carbons (Fsp3) is 0.556.